The molecule has 1 amide bonds. The summed E-state index contributed by atoms with van der Waals surface area (Å²) in [5.41, 5.74) is 1.92. The van der Waals surface area contributed by atoms with Gasteiger partial charge in [-0.1, -0.05) is 12.1 Å². The zero-order chi connectivity index (χ0) is 17.2. The summed E-state index contributed by atoms with van der Waals surface area (Å²) >= 11 is 1.45. The second kappa shape index (κ2) is 6.37. The molecule has 7 heteroatoms. The van der Waals surface area contributed by atoms with E-state index in [1.165, 1.54) is 48.0 Å². The van der Waals surface area contributed by atoms with Crippen molar-refractivity contribution in [3.8, 4) is 10.7 Å². The molecule has 0 bridgehead atoms. The van der Waals surface area contributed by atoms with E-state index in [1.807, 2.05) is 24.3 Å². The molecule has 4 rings (SSSR count). The van der Waals surface area contributed by atoms with Crippen LogP contribution >= 0.6 is 11.3 Å². The molecule has 5 nitrogen and oxygen atoms in total. The molecule has 122 valence electrons. The summed E-state index contributed by atoms with van der Waals surface area (Å²) in [5, 5.41) is 3.32. The molecule has 0 atom stereocenters. The normalized spacial score (nSPS) is 10.8. The number of thiazole rings is 1. The number of hydrogen-bond donors (Lipinski definition) is 1. The van der Waals surface area contributed by atoms with Crippen LogP contribution in [0.5, 0.6) is 0 Å². The van der Waals surface area contributed by atoms with Gasteiger partial charge in [0.25, 0.3) is 5.91 Å². The van der Waals surface area contributed by atoms with E-state index in [1.54, 1.807) is 0 Å². The summed E-state index contributed by atoms with van der Waals surface area (Å²) in [4.78, 5) is 25.6. The number of carbonyl (C=O) groups is 1. The summed E-state index contributed by atoms with van der Waals surface area (Å²) in [5.74, 6) is -0.790. The van der Waals surface area contributed by atoms with E-state index >= 15 is 0 Å². The van der Waals surface area contributed by atoms with E-state index in [9.17, 15) is 9.18 Å². The number of nitrogens with zero attached hydrogens (tertiary/aromatic N) is 3. The van der Waals surface area contributed by atoms with Gasteiger partial charge in [-0.25, -0.2) is 19.3 Å². The van der Waals surface area contributed by atoms with Crippen molar-refractivity contribution in [2.45, 2.75) is 0 Å². The van der Waals surface area contributed by atoms with Crippen molar-refractivity contribution in [2.75, 3.05) is 5.32 Å². The highest BCUT2D eigenvalue weighted by Gasteiger charge is 2.19. The number of halogens is 1. The fourth-order valence-corrected chi connectivity index (χ4v) is 3.32. The summed E-state index contributed by atoms with van der Waals surface area (Å²) in [7, 11) is 0. The number of fused-ring (bicyclic) bond motifs is 1. The molecule has 2 aromatic heterocycles. The molecule has 2 heterocycles. The average Bonchev–Trinajstić information content (AvgIpc) is 3.07. The maximum atomic E-state index is 13.0. The SMILES string of the molecule is O=C(Nc1ccc(F)cc1)c1nccnc1-c1nc2ccccc2s1. The minimum absolute atomic E-state index is 0.172. The Morgan fingerprint density at radius 2 is 1.76 bits per heavy atom. The van der Waals surface area contributed by atoms with Crippen molar-refractivity contribution in [2.24, 2.45) is 0 Å². The van der Waals surface area contributed by atoms with Crippen LogP contribution < -0.4 is 5.32 Å². The molecule has 0 spiro atoms. The molecule has 0 radical (unpaired) electrons. The Balaban J connectivity index is 1.70. The monoisotopic (exact) mass is 350 g/mol. The van der Waals surface area contributed by atoms with E-state index in [-0.39, 0.29) is 11.5 Å². The van der Waals surface area contributed by atoms with Gasteiger partial charge in [0, 0.05) is 18.1 Å². The Kier molecular flexibility index (Phi) is 3.91. The number of nitrogens with one attached hydrogen (secondary N) is 1. The molecule has 0 unspecified atom stereocenters. The Morgan fingerprint density at radius 1 is 1.00 bits per heavy atom. The summed E-state index contributed by atoms with van der Waals surface area (Å²) in [6, 6.07) is 13.2. The standard InChI is InChI=1S/C18H11FN4OS/c19-11-5-7-12(8-6-11)22-17(24)15-16(21-10-9-20-15)18-23-13-3-1-2-4-14(13)25-18/h1-10H,(H,22,24). The smallest absolute Gasteiger partial charge is 0.276 e. The largest absolute Gasteiger partial charge is 0.321 e. The lowest BCUT2D eigenvalue weighted by molar-refractivity contribution is 0.102. The molecule has 0 saturated carbocycles. The molecule has 0 saturated heterocycles. The number of benzene rings is 2. The molecule has 0 aliphatic carbocycles. The minimum Gasteiger partial charge on any atom is -0.321 e. The highest BCUT2D eigenvalue weighted by atomic mass is 32.1. The van der Waals surface area contributed by atoms with Crippen LogP contribution in [0.1, 0.15) is 10.5 Å². The molecule has 25 heavy (non-hydrogen) atoms. The molecule has 0 aliphatic rings. The number of anilines is 1. The molecule has 0 aliphatic heterocycles. The molecular weight excluding hydrogens is 339 g/mol. The van der Waals surface area contributed by atoms with Gasteiger partial charge in [0.1, 0.15) is 16.5 Å². The maximum absolute atomic E-state index is 13.0. The summed E-state index contributed by atoms with van der Waals surface area (Å²) < 4.78 is 14.0. The second-order valence-corrected chi connectivity index (χ2v) is 6.23. The fraction of sp³-hybridized carbons (Fsp3) is 0. The van der Waals surface area contributed by atoms with Crippen molar-refractivity contribution in [3.05, 3.63) is 72.4 Å². The van der Waals surface area contributed by atoms with E-state index in [0.29, 0.717) is 16.4 Å². The lowest BCUT2D eigenvalue weighted by Crippen LogP contribution is -2.15. The minimum atomic E-state index is -0.422. The highest BCUT2D eigenvalue weighted by Crippen LogP contribution is 2.30. The summed E-state index contributed by atoms with van der Waals surface area (Å²) in [6.45, 7) is 0. The van der Waals surface area contributed by atoms with Gasteiger partial charge in [0.05, 0.1) is 10.2 Å². The molecular formula is C18H11FN4OS. The van der Waals surface area contributed by atoms with Gasteiger partial charge in [-0.05, 0) is 36.4 Å². The Morgan fingerprint density at radius 3 is 2.56 bits per heavy atom. The van der Waals surface area contributed by atoms with Gasteiger partial charge < -0.3 is 5.32 Å². The van der Waals surface area contributed by atoms with Gasteiger partial charge in [0.2, 0.25) is 0 Å². The fourth-order valence-electron chi connectivity index (χ4n) is 2.36. The average molecular weight is 350 g/mol. The molecule has 2 aromatic carbocycles. The van der Waals surface area contributed by atoms with E-state index < -0.39 is 5.91 Å². The quantitative estimate of drug-likeness (QED) is 0.603. The first-order valence-electron chi connectivity index (χ1n) is 7.44. The number of rotatable bonds is 3. The van der Waals surface area contributed by atoms with Gasteiger partial charge >= 0.3 is 0 Å². The van der Waals surface area contributed by atoms with E-state index in [2.05, 4.69) is 20.3 Å². The lowest BCUT2D eigenvalue weighted by atomic mass is 10.2. The van der Waals surface area contributed by atoms with Crippen LogP contribution in [0.4, 0.5) is 10.1 Å². The lowest BCUT2D eigenvalue weighted by Gasteiger charge is -2.06. The van der Waals surface area contributed by atoms with Crippen LogP contribution in [0.3, 0.4) is 0 Å². The van der Waals surface area contributed by atoms with Crippen molar-refractivity contribution in [1.29, 1.82) is 0 Å². The van der Waals surface area contributed by atoms with Crippen LogP contribution in [-0.2, 0) is 0 Å². The Hall–Kier alpha value is -3.19. The number of aromatic nitrogens is 3. The number of carbonyl (C=O) groups excluding carboxylic acids is 1. The predicted octanol–water partition coefficient (Wildman–Crippen LogP) is 4.14. The van der Waals surface area contributed by atoms with Gasteiger partial charge in [-0.15, -0.1) is 11.3 Å². The number of para-hydroxylation sites is 1. The number of hydrogen-bond acceptors (Lipinski definition) is 5. The van der Waals surface area contributed by atoms with Crippen molar-refractivity contribution in [3.63, 3.8) is 0 Å². The summed E-state index contributed by atoms with van der Waals surface area (Å²) in [6.07, 6.45) is 2.98. The van der Waals surface area contributed by atoms with E-state index in [0.717, 1.165) is 10.2 Å². The zero-order valence-electron chi connectivity index (χ0n) is 12.8. The molecule has 0 fully saturated rings. The van der Waals surface area contributed by atoms with Crippen molar-refractivity contribution in [1.82, 2.24) is 15.0 Å². The van der Waals surface area contributed by atoms with Crippen LogP contribution in [0, 0.1) is 5.82 Å². The Bertz CT molecular complexity index is 1030. The predicted molar refractivity (Wildman–Crippen MR) is 95.0 cm³/mol. The topological polar surface area (TPSA) is 67.8 Å². The third-order valence-electron chi connectivity index (χ3n) is 3.51. The highest BCUT2D eigenvalue weighted by molar-refractivity contribution is 7.21. The van der Waals surface area contributed by atoms with Crippen molar-refractivity contribution < 1.29 is 9.18 Å². The first kappa shape index (κ1) is 15.3. The van der Waals surface area contributed by atoms with Gasteiger partial charge in [-0.3, -0.25) is 4.79 Å². The van der Waals surface area contributed by atoms with Crippen LogP contribution in [0.15, 0.2) is 60.9 Å². The maximum Gasteiger partial charge on any atom is 0.276 e. The van der Waals surface area contributed by atoms with Crippen LogP contribution in [0.25, 0.3) is 20.9 Å². The zero-order valence-corrected chi connectivity index (χ0v) is 13.6. The Labute approximate surface area is 146 Å². The van der Waals surface area contributed by atoms with E-state index in [4.69, 9.17) is 0 Å². The molecule has 4 aromatic rings. The second-order valence-electron chi connectivity index (χ2n) is 5.20. The van der Waals surface area contributed by atoms with Gasteiger partial charge in [-0.2, -0.15) is 0 Å². The third-order valence-corrected chi connectivity index (χ3v) is 4.55. The first-order valence-corrected chi connectivity index (χ1v) is 8.26. The van der Waals surface area contributed by atoms with Crippen LogP contribution in [0.2, 0.25) is 0 Å². The third kappa shape index (κ3) is 3.09. The molecule has 1 N–H and O–H groups in total. The van der Waals surface area contributed by atoms with Gasteiger partial charge in [0.15, 0.2) is 5.69 Å². The number of amides is 1. The van der Waals surface area contributed by atoms with Crippen LogP contribution in [-0.4, -0.2) is 20.9 Å². The van der Waals surface area contributed by atoms with Crippen molar-refractivity contribution >= 4 is 33.1 Å². The first-order chi connectivity index (χ1) is 12.2.